The molecule has 0 radical (unpaired) electrons. The molecule has 0 rings (SSSR count). The number of hydrogen-bond donors (Lipinski definition) is 2. The van der Waals surface area contributed by atoms with Crippen LogP contribution in [-0.4, -0.2) is 54.4 Å². The summed E-state index contributed by atoms with van der Waals surface area (Å²) in [6.45, 7) is 7.77. The van der Waals surface area contributed by atoms with Gasteiger partial charge in [-0.25, -0.2) is 4.79 Å². The number of ether oxygens (including phenoxy) is 1. The first-order valence-corrected chi connectivity index (χ1v) is 6.86. The molecule has 0 aliphatic heterocycles. The Morgan fingerprint density at radius 2 is 2.00 bits per heavy atom. The lowest BCUT2D eigenvalue weighted by Gasteiger charge is -2.27. The Labute approximate surface area is 115 Å². The molecule has 6 nitrogen and oxygen atoms in total. The molecule has 0 aromatic heterocycles. The van der Waals surface area contributed by atoms with Gasteiger partial charge in [0, 0.05) is 25.7 Å². The second kappa shape index (κ2) is 10.6. The van der Waals surface area contributed by atoms with Crippen molar-refractivity contribution in [2.45, 2.75) is 46.1 Å². The highest BCUT2D eigenvalue weighted by Crippen LogP contribution is 2.03. The maximum atomic E-state index is 11.9. The van der Waals surface area contributed by atoms with Crippen LogP contribution in [0.5, 0.6) is 0 Å². The van der Waals surface area contributed by atoms with Gasteiger partial charge in [-0.2, -0.15) is 0 Å². The summed E-state index contributed by atoms with van der Waals surface area (Å²) in [7, 11) is 0. The van der Waals surface area contributed by atoms with E-state index in [9.17, 15) is 9.59 Å². The van der Waals surface area contributed by atoms with E-state index in [2.05, 4.69) is 12.2 Å². The van der Waals surface area contributed by atoms with Gasteiger partial charge in [-0.15, -0.1) is 0 Å². The number of aliphatic carboxylic acids is 1. The van der Waals surface area contributed by atoms with E-state index in [1.54, 1.807) is 6.92 Å². The van der Waals surface area contributed by atoms with Gasteiger partial charge in [0.05, 0.1) is 13.0 Å². The fourth-order valence-electron chi connectivity index (χ4n) is 1.70. The lowest BCUT2D eigenvalue weighted by molar-refractivity contribution is -0.138. The number of hydrogen-bond acceptors (Lipinski definition) is 3. The van der Waals surface area contributed by atoms with E-state index in [1.807, 2.05) is 6.92 Å². The van der Waals surface area contributed by atoms with E-state index in [0.717, 1.165) is 12.8 Å². The highest BCUT2D eigenvalue weighted by molar-refractivity contribution is 5.75. The Morgan fingerprint density at radius 1 is 1.32 bits per heavy atom. The molecule has 0 bridgehead atoms. The van der Waals surface area contributed by atoms with Crippen LogP contribution in [0.1, 0.15) is 40.0 Å². The molecule has 0 aliphatic carbocycles. The lowest BCUT2D eigenvalue weighted by Crippen LogP contribution is -2.46. The summed E-state index contributed by atoms with van der Waals surface area (Å²) in [6.07, 6.45) is 2.06. The first kappa shape index (κ1) is 17.7. The van der Waals surface area contributed by atoms with Crippen LogP contribution in [0.25, 0.3) is 0 Å². The molecule has 0 aromatic carbocycles. The number of amides is 2. The molecule has 0 saturated carbocycles. The number of carboxylic acids is 1. The van der Waals surface area contributed by atoms with Crippen molar-refractivity contribution in [1.82, 2.24) is 10.2 Å². The lowest BCUT2D eigenvalue weighted by atomic mass is 10.2. The van der Waals surface area contributed by atoms with Crippen molar-refractivity contribution in [3.8, 4) is 0 Å². The highest BCUT2D eigenvalue weighted by atomic mass is 16.5. The van der Waals surface area contributed by atoms with Crippen molar-refractivity contribution >= 4 is 12.0 Å². The normalized spacial score (nSPS) is 11.9. The zero-order chi connectivity index (χ0) is 14.7. The summed E-state index contributed by atoms with van der Waals surface area (Å²) < 4.78 is 5.34. The van der Waals surface area contributed by atoms with Gasteiger partial charge in [-0.3, -0.25) is 4.79 Å². The molecule has 0 spiro atoms. The van der Waals surface area contributed by atoms with Crippen LogP contribution >= 0.6 is 0 Å². The van der Waals surface area contributed by atoms with Crippen LogP contribution in [0, 0.1) is 0 Å². The average Bonchev–Trinajstić information content (AvgIpc) is 2.33. The minimum Gasteiger partial charge on any atom is -0.481 e. The van der Waals surface area contributed by atoms with Gasteiger partial charge in [-0.05, 0) is 20.3 Å². The summed E-state index contributed by atoms with van der Waals surface area (Å²) in [4.78, 5) is 24.0. The van der Waals surface area contributed by atoms with Crippen molar-refractivity contribution in [1.29, 1.82) is 0 Å². The van der Waals surface area contributed by atoms with Crippen LogP contribution in [0.2, 0.25) is 0 Å². The third kappa shape index (κ3) is 8.42. The minimum atomic E-state index is -0.901. The van der Waals surface area contributed by atoms with Gasteiger partial charge in [0.25, 0.3) is 0 Å². The predicted octanol–water partition coefficient (Wildman–Crippen LogP) is 1.70. The monoisotopic (exact) mass is 274 g/mol. The Kier molecular flexibility index (Phi) is 9.88. The van der Waals surface area contributed by atoms with E-state index < -0.39 is 5.97 Å². The number of carbonyl (C=O) groups is 2. The Morgan fingerprint density at radius 3 is 2.53 bits per heavy atom. The summed E-state index contributed by atoms with van der Waals surface area (Å²) in [6, 6.07) is -0.557. The molecular weight excluding hydrogens is 248 g/mol. The molecule has 0 aromatic rings. The van der Waals surface area contributed by atoms with Crippen LogP contribution < -0.4 is 5.32 Å². The Hall–Kier alpha value is -1.30. The van der Waals surface area contributed by atoms with Crippen molar-refractivity contribution in [2.24, 2.45) is 0 Å². The number of unbranched alkanes of at least 4 members (excludes halogenated alkanes) is 1. The topological polar surface area (TPSA) is 78.9 Å². The van der Waals surface area contributed by atoms with Gasteiger partial charge < -0.3 is 20.1 Å². The van der Waals surface area contributed by atoms with Crippen molar-refractivity contribution < 1.29 is 19.4 Å². The van der Waals surface area contributed by atoms with E-state index in [4.69, 9.17) is 9.84 Å². The fraction of sp³-hybridized carbons (Fsp3) is 0.846. The molecule has 0 aliphatic rings. The van der Waals surface area contributed by atoms with Crippen molar-refractivity contribution in [2.75, 3.05) is 26.3 Å². The van der Waals surface area contributed by atoms with E-state index in [-0.39, 0.29) is 18.5 Å². The second-order valence-electron chi connectivity index (χ2n) is 4.43. The summed E-state index contributed by atoms with van der Waals surface area (Å²) in [5, 5.41) is 11.5. The predicted molar refractivity (Wildman–Crippen MR) is 73.2 cm³/mol. The van der Waals surface area contributed by atoms with Crippen LogP contribution in [0.3, 0.4) is 0 Å². The standard InChI is InChI=1S/C13H26N2O4/c1-4-6-8-19-9-7-14-13(18)15(5-2)11(3)10-12(16)17/h11H,4-10H2,1-3H3,(H,14,18)(H,16,17). The largest absolute Gasteiger partial charge is 0.481 e. The maximum Gasteiger partial charge on any atom is 0.317 e. The van der Waals surface area contributed by atoms with E-state index in [1.165, 1.54) is 4.90 Å². The number of carboxylic acid groups (broad SMARTS) is 1. The Balaban J connectivity index is 3.91. The molecule has 112 valence electrons. The molecule has 2 N–H and O–H groups in total. The smallest absolute Gasteiger partial charge is 0.317 e. The Bertz CT molecular complexity index is 271. The fourth-order valence-corrected chi connectivity index (χ4v) is 1.70. The highest BCUT2D eigenvalue weighted by Gasteiger charge is 2.20. The van der Waals surface area contributed by atoms with E-state index >= 15 is 0 Å². The molecule has 19 heavy (non-hydrogen) atoms. The third-order valence-electron chi connectivity index (χ3n) is 2.77. The SMILES string of the molecule is CCCCOCCNC(=O)N(CC)C(C)CC(=O)O. The molecule has 0 heterocycles. The maximum absolute atomic E-state index is 11.9. The summed E-state index contributed by atoms with van der Waals surface area (Å²) in [5.41, 5.74) is 0. The van der Waals surface area contributed by atoms with Crippen molar-refractivity contribution in [3.63, 3.8) is 0 Å². The molecule has 0 fully saturated rings. The summed E-state index contributed by atoms with van der Waals surface area (Å²) >= 11 is 0. The van der Waals surface area contributed by atoms with Gasteiger partial charge in [0.2, 0.25) is 0 Å². The number of nitrogens with zero attached hydrogens (tertiary/aromatic N) is 1. The molecule has 1 unspecified atom stereocenters. The molecule has 0 saturated heterocycles. The molecule has 6 heteroatoms. The number of urea groups is 1. The average molecular weight is 274 g/mol. The first-order chi connectivity index (χ1) is 9.02. The van der Waals surface area contributed by atoms with Crippen LogP contribution in [-0.2, 0) is 9.53 Å². The van der Waals surface area contributed by atoms with Gasteiger partial charge in [0.1, 0.15) is 0 Å². The van der Waals surface area contributed by atoms with Gasteiger partial charge >= 0.3 is 12.0 Å². The molecular formula is C13H26N2O4. The summed E-state index contributed by atoms with van der Waals surface area (Å²) in [5.74, 6) is -0.901. The zero-order valence-electron chi connectivity index (χ0n) is 12.1. The van der Waals surface area contributed by atoms with E-state index in [0.29, 0.717) is 26.3 Å². The zero-order valence-corrected chi connectivity index (χ0v) is 12.1. The van der Waals surface area contributed by atoms with Gasteiger partial charge in [-0.1, -0.05) is 13.3 Å². The van der Waals surface area contributed by atoms with Crippen LogP contribution in [0.4, 0.5) is 4.79 Å². The molecule has 2 amide bonds. The van der Waals surface area contributed by atoms with Crippen molar-refractivity contribution in [3.05, 3.63) is 0 Å². The quantitative estimate of drug-likeness (QED) is 0.594. The first-order valence-electron chi connectivity index (χ1n) is 6.86. The minimum absolute atomic E-state index is 0.0474. The van der Waals surface area contributed by atoms with Gasteiger partial charge in [0.15, 0.2) is 0 Å². The molecule has 1 atom stereocenters. The number of nitrogens with one attached hydrogen (secondary N) is 1. The second-order valence-corrected chi connectivity index (χ2v) is 4.43. The van der Waals surface area contributed by atoms with Crippen LogP contribution in [0.15, 0.2) is 0 Å². The third-order valence-corrected chi connectivity index (χ3v) is 2.77. The number of rotatable bonds is 10. The number of carbonyl (C=O) groups excluding carboxylic acids is 1.